The van der Waals surface area contributed by atoms with Crippen LogP contribution in [0.4, 0.5) is 24.8 Å². The Balaban J connectivity index is 1.63. The molecule has 1 aliphatic carbocycles. The Labute approximate surface area is 157 Å². The first-order valence-corrected chi connectivity index (χ1v) is 8.30. The van der Waals surface area contributed by atoms with Crippen molar-refractivity contribution < 1.29 is 13.2 Å². The minimum atomic E-state index is -4.55. The van der Waals surface area contributed by atoms with Crippen LogP contribution in [0.15, 0.2) is 30.6 Å². The molecule has 8 nitrogen and oxygen atoms in total. The van der Waals surface area contributed by atoms with Crippen molar-refractivity contribution in [3.8, 4) is 12.0 Å². The standard InChI is InChI=1S/C17H13F3N8/c1-10-23-14(25-11-2-6-22-13(8-11)16(9-21)4-5-16)26-15(24-10)28-7-3-12(27-28)17(18,19)20/h2-3,6-8H,4-5H2,1H3,(H,22,23,24,25,26). The second kappa shape index (κ2) is 6.26. The molecule has 0 bridgehead atoms. The van der Waals surface area contributed by atoms with E-state index in [1.54, 1.807) is 25.3 Å². The van der Waals surface area contributed by atoms with E-state index >= 15 is 0 Å². The highest BCUT2D eigenvalue weighted by Crippen LogP contribution is 2.47. The predicted octanol–water partition coefficient (Wildman–Crippen LogP) is 3.08. The quantitative estimate of drug-likeness (QED) is 0.734. The van der Waals surface area contributed by atoms with Crippen molar-refractivity contribution in [1.29, 1.82) is 5.26 Å². The van der Waals surface area contributed by atoms with E-state index in [0.717, 1.165) is 29.8 Å². The summed E-state index contributed by atoms with van der Waals surface area (Å²) in [5.74, 6) is 0.405. The highest BCUT2D eigenvalue weighted by atomic mass is 19.4. The third-order valence-electron chi connectivity index (χ3n) is 4.29. The van der Waals surface area contributed by atoms with Crippen LogP contribution < -0.4 is 5.32 Å². The molecule has 3 aromatic rings. The van der Waals surface area contributed by atoms with E-state index in [4.69, 9.17) is 0 Å². The van der Waals surface area contributed by atoms with Crippen LogP contribution in [0.3, 0.4) is 0 Å². The van der Waals surface area contributed by atoms with Crippen LogP contribution in [-0.4, -0.2) is 29.7 Å². The summed E-state index contributed by atoms with van der Waals surface area (Å²) in [7, 11) is 0. The second-order valence-corrected chi connectivity index (χ2v) is 6.40. The molecule has 3 aromatic heterocycles. The number of anilines is 2. The Morgan fingerprint density at radius 2 is 2.00 bits per heavy atom. The Kier molecular flexibility index (Phi) is 3.99. The van der Waals surface area contributed by atoms with Crippen molar-refractivity contribution in [2.45, 2.75) is 31.4 Å². The summed E-state index contributed by atoms with van der Waals surface area (Å²) >= 11 is 0. The molecule has 0 aliphatic heterocycles. The second-order valence-electron chi connectivity index (χ2n) is 6.40. The molecule has 0 radical (unpaired) electrons. The van der Waals surface area contributed by atoms with Crippen molar-refractivity contribution in [1.82, 2.24) is 29.7 Å². The molecule has 0 spiro atoms. The average Bonchev–Trinajstić information content (AvgIpc) is 3.27. The lowest BCUT2D eigenvalue weighted by molar-refractivity contribution is -0.141. The topological polar surface area (TPSA) is 105 Å². The van der Waals surface area contributed by atoms with Gasteiger partial charge in [-0.3, -0.25) is 4.98 Å². The SMILES string of the molecule is Cc1nc(Nc2ccnc(C3(C#N)CC3)c2)nc(-n2ccc(C(F)(F)F)n2)n1. The molecule has 4 rings (SSSR count). The molecule has 0 aromatic carbocycles. The van der Waals surface area contributed by atoms with Gasteiger partial charge in [0.2, 0.25) is 5.95 Å². The number of nitriles is 1. The molecule has 11 heteroatoms. The highest BCUT2D eigenvalue weighted by Gasteiger charge is 2.46. The number of alkyl halides is 3. The monoisotopic (exact) mass is 386 g/mol. The maximum absolute atomic E-state index is 12.8. The molecule has 1 N–H and O–H groups in total. The number of hydrogen-bond donors (Lipinski definition) is 1. The number of aromatic nitrogens is 6. The average molecular weight is 386 g/mol. The molecule has 3 heterocycles. The van der Waals surface area contributed by atoms with Gasteiger partial charge in [0.15, 0.2) is 5.69 Å². The lowest BCUT2D eigenvalue weighted by atomic mass is 10.0. The maximum Gasteiger partial charge on any atom is 0.435 e. The van der Waals surface area contributed by atoms with E-state index in [0.29, 0.717) is 17.2 Å². The third kappa shape index (κ3) is 3.36. The van der Waals surface area contributed by atoms with Crippen LogP contribution in [0, 0.1) is 18.3 Å². The Morgan fingerprint density at radius 3 is 2.64 bits per heavy atom. The molecular weight excluding hydrogens is 373 g/mol. The highest BCUT2D eigenvalue weighted by molar-refractivity contribution is 5.55. The number of rotatable bonds is 4. The van der Waals surface area contributed by atoms with Crippen LogP contribution in [-0.2, 0) is 11.6 Å². The summed E-state index contributed by atoms with van der Waals surface area (Å²) in [6, 6.07) is 6.55. The maximum atomic E-state index is 12.8. The van der Waals surface area contributed by atoms with Crippen molar-refractivity contribution >= 4 is 11.6 Å². The Morgan fingerprint density at radius 1 is 1.21 bits per heavy atom. The van der Waals surface area contributed by atoms with E-state index in [1.807, 2.05) is 0 Å². The molecule has 0 amide bonds. The van der Waals surface area contributed by atoms with E-state index in [2.05, 4.69) is 36.4 Å². The predicted molar refractivity (Wildman–Crippen MR) is 90.7 cm³/mol. The first-order chi connectivity index (χ1) is 13.3. The Hall–Kier alpha value is -3.55. The lowest BCUT2D eigenvalue weighted by Gasteiger charge is -2.10. The number of nitrogens with one attached hydrogen (secondary N) is 1. The van der Waals surface area contributed by atoms with Gasteiger partial charge in [0, 0.05) is 18.1 Å². The summed E-state index contributed by atoms with van der Waals surface area (Å²) in [6.07, 6.45) is -0.324. The van der Waals surface area contributed by atoms with Crippen LogP contribution in [0.25, 0.3) is 5.95 Å². The van der Waals surface area contributed by atoms with Crippen LogP contribution >= 0.6 is 0 Å². The van der Waals surface area contributed by atoms with E-state index in [9.17, 15) is 18.4 Å². The van der Waals surface area contributed by atoms with Gasteiger partial charge in [0.1, 0.15) is 5.82 Å². The largest absolute Gasteiger partial charge is 0.435 e. The number of aryl methyl sites for hydroxylation is 1. The van der Waals surface area contributed by atoms with Crippen molar-refractivity contribution in [3.63, 3.8) is 0 Å². The Bertz CT molecular complexity index is 1080. The smallest absolute Gasteiger partial charge is 0.324 e. The fourth-order valence-corrected chi connectivity index (χ4v) is 2.66. The van der Waals surface area contributed by atoms with Crippen LogP contribution in [0.2, 0.25) is 0 Å². The van der Waals surface area contributed by atoms with Gasteiger partial charge < -0.3 is 5.32 Å². The molecule has 0 atom stereocenters. The zero-order chi connectivity index (χ0) is 19.9. The van der Waals surface area contributed by atoms with Gasteiger partial charge in [-0.2, -0.15) is 38.5 Å². The minimum absolute atomic E-state index is 0.0459. The van der Waals surface area contributed by atoms with E-state index < -0.39 is 17.3 Å². The summed E-state index contributed by atoms with van der Waals surface area (Å²) < 4.78 is 39.2. The fraction of sp³-hybridized carbons (Fsp3) is 0.294. The van der Waals surface area contributed by atoms with Gasteiger partial charge in [0.05, 0.1) is 17.2 Å². The van der Waals surface area contributed by atoms with Gasteiger partial charge in [0.25, 0.3) is 5.95 Å². The van der Waals surface area contributed by atoms with Crippen LogP contribution in [0.1, 0.15) is 30.1 Å². The first kappa shape index (κ1) is 17.8. The summed E-state index contributed by atoms with van der Waals surface area (Å²) in [4.78, 5) is 16.6. The number of pyridine rings is 1. The van der Waals surface area contributed by atoms with Gasteiger partial charge >= 0.3 is 6.18 Å². The number of hydrogen-bond acceptors (Lipinski definition) is 7. The molecule has 1 saturated carbocycles. The normalized spacial score (nSPS) is 15.1. The van der Waals surface area contributed by atoms with Crippen molar-refractivity contribution in [2.24, 2.45) is 0 Å². The molecule has 1 aliphatic rings. The first-order valence-electron chi connectivity index (χ1n) is 8.30. The van der Waals surface area contributed by atoms with Gasteiger partial charge in [-0.25, -0.2) is 4.68 Å². The van der Waals surface area contributed by atoms with Crippen molar-refractivity contribution in [2.75, 3.05) is 5.32 Å². The molecule has 0 saturated heterocycles. The number of halogens is 3. The molecule has 142 valence electrons. The summed E-state index contributed by atoms with van der Waals surface area (Å²) in [5.41, 5.74) is -0.307. The molecular formula is C17H13F3N8. The van der Waals surface area contributed by atoms with Gasteiger partial charge in [-0.1, -0.05) is 0 Å². The zero-order valence-corrected chi connectivity index (χ0v) is 14.6. The van der Waals surface area contributed by atoms with E-state index in [-0.39, 0.29) is 11.9 Å². The third-order valence-corrected chi connectivity index (χ3v) is 4.29. The van der Waals surface area contributed by atoms with Crippen LogP contribution in [0.5, 0.6) is 0 Å². The fourth-order valence-electron chi connectivity index (χ4n) is 2.66. The number of nitrogens with zero attached hydrogens (tertiary/aromatic N) is 7. The van der Waals surface area contributed by atoms with E-state index in [1.165, 1.54) is 0 Å². The van der Waals surface area contributed by atoms with Gasteiger partial charge in [-0.05, 0) is 38.0 Å². The molecule has 0 unspecified atom stereocenters. The zero-order valence-electron chi connectivity index (χ0n) is 14.6. The molecule has 28 heavy (non-hydrogen) atoms. The lowest BCUT2D eigenvalue weighted by Crippen LogP contribution is -2.11. The van der Waals surface area contributed by atoms with Crippen molar-refractivity contribution in [3.05, 3.63) is 47.8 Å². The van der Waals surface area contributed by atoms with Gasteiger partial charge in [-0.15, -0.1) is 0 Å². The minimum Gasteiger partial charge on any atom is -0.324 e. The summed E-state index contributed by atoms with van der Waals surface area (Å²) in [5, 5.41) is 15.8. The molecule has 1 fully saturated rings. The summed E-state index contributed by atoms with van der Waals surface area (Å²) in [6.45, 7) is 1.59.